The third kappa shape index (κ3) is 4.34. The van der Waals surface area contributed by atoms with E-state index in [2.05, 4.69) is 0 Å². The first-order valence-corrected chi connectivity index (χ1v) is 5.75. The predicted molar refractivity (Wildman–Crippen MR) is 64.3 cm³/mol. The standard InChI is InChI=1S/C13H17O4/c1-3-7-15-11-5-6-12(17-10-14)13(9-11)16-8-4-2/h5-6,9H,3-4,7-8H2,1-2H3. The molecule has 4 nitrogen and oxygen atoms in total. The van der Waals surface area contributed by atoms with Crippen LogP contribution in [0.25, 0.3) is 0 Å². The number of ether oxygens (including phenoxy) is 3. The molecule has 0 unspecified atom stereocenters. The maximum Gasteiger partial charge on any atom is 0.423 e. The minimum atomic E-state index is 0.359. The van der Waals surface area contributed by atoms with Gasteiger partial charge in [0.15, 0.2) is 11.5 Å². The van der Waals surface area contributed by atoms with Crippen LogP contribution in [0.1, 0.15) is 26.7 Å². The Morgan fingerprint density at radius 3 is 2.41 bits per heavy atom. The molecule has 0 aromatic heterocycles. The Bertz CT molecular complexity index is 349. The average Bonchev–Trinajstić information content (AvgIpc) is 2.36. The van der Waals surface area contributed by atoms with Gasteiger partial charge >= 0.3 is 6.47 Å². The molecule has 0 atom stereocenters. The molecule has 4 heteroatoms. The van der Waals surface area contributed by atoms with Crippen molar-refractivity contribution in [2.75, 3.05) is 13.2 Å². The Hall–Kier alpha value is -1.71. The van der Waals surface area contributed by atoms with E-state index in [1.807, 2.05) is 13.8 Å². The second-order valence-corrected chi connectivity index (χ2v) is 3.49. The Labute approximate surface area is 101 Å². The van der Waals surface area contributed by atoms with Crippen molar-refractivity contribution >= 4 is 6.47 Å². The monoisotopic (exact) mass is 237 g/mol. The topological polar surface area (TPSA) is 44.8 Å². The molecule has 0 bridgehead atoms. The van der Waals surface area contributed by atoms with Crippen LogP contribution in [-0.4, -0.2) is 19.7 Å². The van der Waals surface area contributed by atoms with Crippen molar-refractivity contribution in [3.8, 4) is 17.2 Å². The lowest BCUT2D eigenvalue weighted by atomic mass is 10.3. The van der Waals surface area contributed by atoms with Crippen molar-refractivity contribution in [2.24, 2.45) is 0 Å². The van der Waals surface area contributed by atoms with Crippen LogP contribution in [0.4, 0.5) is 0 Å². The van der Waals surface area contributed by atoms with Gasteiger partial charge in [-0.05, 0) is 25.0 Å². The van der Waals surface area contributed by atoms with Crippen LogP contribution < -0.4 is 14.2 Å². The molecule has 93 valence electrons. The summed E-state index contributed by atoms with van der Waals surface area (Å²) in [6.45, 7) is 6.64. The Morgan fingerprint density at radius 2 is 1.76 bits per heavy atom. The molecule has 0 amide bonds. The minimum Gasteiger partial charge on any atom is -0.493 e. The van der Waals surface area contributed by atoms with Gasteiger partial charge in [0.05, 0.1) is 13.2 Å². The Balaban J connectivity index is 2.80. The molecule has 1 radical (unpaired) electrons. The highest BCUT2D eigenvalue weighted by atomic mass is 16.5. The molecule has 1 aromatic rings. The smallest absolute Gasteiger partial charge is 0.423 e. The average molecular weight is 237 g/mol. The van der Waals surface area contributed by atoms with Crippen LogP contribution in [0.5, 0.6) is 17.2 Å². The summed E-state index contributed by atoms with van der Waals surface area (Å²) >= 11 is 0. The number of rotatable bonds is 8. The molecule has 0 spiro atoms. The summed E-state index contributed by atoms with van der Waals surface area (Å²) < 4.78 is 15.7. The molecule has 1 rings (SSSR count). The summed E-state index contributed by atoms with van der Waals surface area (Å²) in [6.07, 6.45) is 1.82. The van der Waals surface area contributed by atoms with Gasteiger partial charge in [0.1, 0.15) is 5.75 Å². The van der Waals surface area contributed by atoms with E-state index in [4.69, 9.17) is 14.2 Å². The van der Waals surface area contributed by atoms with E-state index in [1.165, 1.54) is 6.47 Å². The molecule has 0 aliphatic carbocycles. The first-order chi connectivity index (χ1) is 8.31. The molecule has 0 heterocycles. The van der Waals surface area contributed by atoms with Gasteiger partial charge in [-0.1, -0.05) is 13.8 Å². The fourth-order valence-corrected chi connectivity index (χ4v) is 1.25. The van der Waals surface area contributed by atoms with Gasteiger partial charge in [-0.3, -0.25) is 0 Å². The number of benzene rings is 1. The zero-order chi connectivity index (χ0) is 12.5. The van der Waals surface area contributed by atoms with Gasteiger partial charge in [0, 0.05) is 6.07 Å². The fraction of sp³-hybridized carbons (Fsp3) is 0.462. The van der Waals surface area contributed by atoms with Gasteiger partial charge in [-0.15, -0.1) is 0 Å². The van der Waals surface area contributed by atoms with Gasteiger partial charge in [-0.2, -0.15) is 0 Å². The van der Waals surface area contributed by atoms with Gasteiger partial charge in [0.2, 0.25) is 0 Å². The SMILES string of the molecule is CCCOc1ccc(O[C]=O)c(OCCC)c1. The maximum atomic E-state index is 10.2. The lowest BCUT2D eigenvalue weighted by molar-refractivity contribution is 0.292. The molecule has 0 aliphatic rings. The van der Waals surface area contributed by atoms with E-state index < -0.39 is 0 Å². The van der Waals surface area contributed by atoms with Crippen LogP contribution >= 0.6 is 0 Å². The maximum absolute atomic E-state index is 10.2. The van der Waals surface area contributed by atoms with E-state index >= 15 is 0 Å². The molecule has 0 saturated carbocycles. The lowest BCUT2D eigenvalue weighted by Gasteiger charge is -2.11. The quantitative estimate of drug-likeness (QED) is 0.697. The first kappa shape index (κ1) is 13.4. The number of hydrogen-bond donors (Lipinski definition) is 0. The molecule has 0 fully saturated rings. The molecular weight excluding hydrogens is 220 g/mol. The molecular formula is C13H17O4. The molecule has 17 heavy (non-hydrogen) atoms. The summed E-state index contributed by atoms with van der Waals surface area (Å²) in [5, 5.41) is 0. The van der Waals surface area contributed by atoms with Crippen molar-refractivity contribution in [2.45, 2.75) is 26.7 Å². The number of hydrogen-bond acceptors (Lipinski definition) is 4. The van der Waals surface area contributed by atoms with Crippen molar-refractivity contribution in [3.63, 3.8) is 0 Å². The van der Waals surface area contributed by atoms with Crippen LogP contribution in [-0.2, 0) is 4.79 Å². The van der Waals surface area contributed by atoms with Crippen molar-refractivity contribution in [1.82, 2.24) is 0 Å². The summed E-state index contributed by atoms with van der Waals surface area (Å²) in [5.74, 6) is 1.57. The minimum absolute atomic E-state index is 0.359. The number of carbonyl (C=O) groups excluding carboxylic acids is 1. The molecule has 0 N–H and O–H groups in total. The normalized spacial score (nSPS) is 9.76. The van der Waals surface area contributed by atoms with E-state index in [1.54, 1.807) is 18.2 Å². The highest BCUT2D eigenvalue weighted by Gasteiger charge is 2.07. The van der Waals surface area contributed by atoms with E-state index in [0.717, 1.165) is 12.8 Å². The van der Waals surface area contributed by atoms with Crippen LogP contribution in [0.2, 0.25) is 0 Å². The van der Waals surface area contributed by atoms with Crippen LogP contribution in [0, 0.1) is 0 Å². The zero-order valence-corrected chi connectivity index (χ0v) is 10.2. The molecule has 0 saturated heterocycles. The highest BCUT2D eigenvalue weighted by molar-refractivity contribution is 5.53. The summed E-state index contributed by atoms with van der Waals surface area (Å²) in [4.78, 5) is 10.2. The second kappa shape index (κ2) is 7.54. The van der Waals surface area contributed by atoms with Crippen molar-refractivity contribution < 1.29 is 19.0 Å². The molecule has 0 aliphatic heterocycles. The van der Waals surface area contributed by atoms with E-state index in [9.17, 15) is 4.79 Å². The highest BCUT2D eigenvalue weighted by Crippen LogP contribution is 2.31. The van der Waals surface area contributed by atoms with Crippen LogP contribution in [0.3, 0.4) is 0 Å². The van der Waals surface area contributed by atoms with Gasteiger partial charge < -0.3 is 14.2 Å². The van der Waals surface area contributed by atoms with E-state index in [0.29, 0.717) is 30.5 Å². The van der Waals surface area contributed by atoms with Crippen molar-refractivity contribution in [3.05, 3.63) is 18.2 Å². The van der Waals surface area contributed by atoms with Crippen LogP contribution in [0.15, 0.2) is 18.2 Å². The second-order valence-electron chi connectivity index (χ2n) is 3.49. The third-order valence-electron chi connectivity index (χ3n) is 2.00. The Kier molecular flexibility index (Phi) is 5.93. The third-order valence-corrected chi connectivity index (χ3v) is 2.00. The molecule has 1 aromatic carbocycles. The van der Waals surface area contributed by atoms with Crippen molar-refractivity contribution in [1.29, 1.82) is 0 Å². The summed E-state index contributed by atoms with van der Waals surface area (Å²) in [7, 11) is 0. The van der Waals surface area contributed by atoms with E-state index in [-0.39, 0.29) is 0 Å². The first-order valence-electron chi connectivity index (χ1n) is 5.75. The zero-order valence-electron chi connectivity index (χ0n) is 10.2. The predicted octanol–water partition coefficient (Wildman–Crippen LogP) is 2.71. The fourth-order valence-electron chi connectivity index (χ4n) is 1.25. The van der Waals surface area contributed by atoms with Gasteiger partial charge in [0.25, 0.3) is 0 Å². The Morgan fingerprint density at radius 1 is 1.06 bits per heavy atom. The summed E-state index contributed by atoms with van der Waals surface area (Å²) in [6, 6.07) is 5.10. The van der Waals surface area contributed by atoms with Gasteiger partial charge in [-0.25, -0.2) is 4.79 Å². The summed E-state index contributed by atoms with van der Waals surface area (Å²) in [5.41, 5.74) is 0. The largest absolute Gasteiger partial charge is 0.493 e. The lowest BCUT2D eigenvalue weighted by Crippen LogP contribution is -2.00.